The van der Waals surface area contributed by atoms with Gasteiger partial charge in [0.25, 0.3) is 0 Å². The number of aliphatic hydroxyl groups is 2. The van der Waals surface area contributed by atoms with Crippen molar-refractivity contribution in [2.24, 2.45) is 0 Å². The Morgan fingerprint density at radius 1 is 0.767 bits per heavy atom. The van der Waals surface area contributed by atoms with Crippen molar-refractivity contribution in [1.82, 2.24) is 10.8 Å². The Balaban J connectivity index is 0.000000171. The van der Waals surface area contributed by atoms with Crippen LogP contribution in [0.15, 0.2) is 60.7 Å². The summed E-state index contributed by atoms with van der Waals surface area (Å²) in [5, 5.41) is 36.9. The van der Waals surface area contributed by atoms with Crippen molar-refractivity contribution in [2.45, 2.75) is 24.2 Å². The molecule has 162 valence electrons. The lowest BCUT2D eigenvalue weighted by molar-refractivity contribution is -0.159. The van der Waals surface area contributed by atoms with Crippen LogP contribution in [0.1, 0.15) is 23.0 Å². The Kier molecular flexibility index (Phi) is 9.39. The van der Waals surface area contributed by atoms with Crippen molar-refractivity contribution in [3.05, 3.63) is 71.8 Å². The maximum Gasteiger partial charge on any atom is 0.414 e. The van der Waals surface area contributed by atoms with Gasteiger partial charge >= 0.3 is 11.9 Å². The van der Waals surface area contributed by atoms with Crippen LogP contribution in [0, 0.1) is 0 Å². The summed E-state index contributed by atoms with van der Waals surface area (Å²) in [6.07, 6.45) is -0.931. The Morgan fingerprint density at radius 3 is 1.63 bits per heavy atom. The summed E-state index contributed by atoms with van der Waals surface area (Å²) in [5.41, 5.74) is 5.01. The summed E-state index contributed by atoms with van der Waals surface area (Å²) in [6.45, 7) is 2.29. The summed E-state index contributed by atoms with van der Waals surface area (Å²) >= 11 is 0. The lowest BCUT2D eigenvalue weighted by Gasteiger charge is -2.12. The molecule has 9 heteroatoms. The maximum absolute atomic E-state index is 9.58. The molecule has 0 unspecified atom stereocenters. The van der Waals surface area contributed by atoms with Gasteiger partial charge in [-0.1, -0.05) is 60.7 Å². The van der Waals surface area contributed by atoms with Crippen LogP contribution in [-0.4, -0.2) is 64.4 Å². The zero-order valence-corrected chi connectivity index (χ0v) is 16.2. The number of carboxylic acid groups (broad SMARTS) is 2. The standard InChI is InChI=1S/C10H13NO.C9H11NO2.C2H2O4/c12-10-7-11-6-9(10)8-4-2-1-3-5-8;11-9-8(6-10-12-9)7-4-2-1-3-5-7;3-1(4)2(5)6/h1-5,9-12H,6-7H2;1-5,8-11H,6H2;(H,3,4)(H,5,6)/t9-,10+;8-,9+;/m00./s1. The average Bonchev–Trinajstić information content (AvgIpc) is 3.38. The second-order valence-corrected chi connectivity index (χ2v) is 6.73. The van der Waals surface area contributed by atoms with Gasteiger partial charge in [-0.25, -0.2) is 9.59 Å². The summed E-state index contributed by atoms with van der Waals surface area (Å²) in [4.78, 5) is 23.0. The van der Waals surface area contributed by atoms with E-state index in [9.17, 15) is 10.2 Å². The molecule has 4 atom stereocenters. The Morgan fingerprint density at radius 2 is 1.27 bits per heavy atom. The van der Waals surface area contributed by atoms with E-state index in [2.05, 4.69) is 22.9 Å². The summed E-state index contributed by atoms with van der Waals surface area (Å²) in [5.74, 6) is -3.30. The fraction of sp³-hybridized carbons (Fsp3) is 0.333. The molecule has 0 radical (unpaired) electrons. The van der Waals surface area contributed by atoms with E-state index in [0.29, 0.717) is 6.54 Å². The van der Waals surface area contributed by atoms with Gasteiger partial charge in [0.15, 0.2) is 6.29 Å². The fourth-order valence-electron chi connectivity index (χ4n) is 3.09. The van der Waals surface area contributed by atoms with Crippen molar-refractivity contribution in [3.8, 4) is 0 Å². The molecule has 0 saturated carbocycles. The molecule has 0 spiro atoms. The fourth-order valence-corrected chi connectivity index (χ4v) is 3.09. The molecule has 0 aromatic heterocycles. The van der Waals surface area contributed by atoms with Crippen molar-refractivity contribution in [3.63, 3.8) is 0 Å². The highest BCUT2D eigenvalue weighted by molar-refractivity contribution is 6.27. The van der Waals surface area contributed by atoms with E-state index >= 15 is 0 Å². The SMILES string of the molecule is O=C(O)C(=O)O.O[C@@H]1CNC[C@H]1c1ccccc1.O[C@@H]1ONC[C@H]1c1ccccc1. The minimum atomic E-state index is -1.82. The molecule has 0 amide bonds. The zero-order chi connectivity index (χ0) is 21.9. The molecule has 2 fully saturated rings. The van der Waals surface area contributed by atoms with E-state index < -0.39 is 18.2 Å². The normalized spacial score (nSPS) is 24.7. The van der Waals surface area contributed by atoms with Gasteiger partial charge in [-0.2, -0.15) is 5.48 Å². The molecule has 2 aromatic carbocycles. The highest BCUT2D eigenvalue weighted by Gasteiger charge is 2.27. The van der Waals surface area contributed by atoms with E-state index in [1.807, 2.05) is 48.5 Å². The van der Waals surface area contributed by atoms with Crippen LogP contribution < -0.4 is 10.8 Å². The highest BCUT2D eigenvalue weighted by atomic mass is 16.7. The van der Waals surface area contributed by atoms with Crippen molar-refractivity contribution in [1.29, 1.82) is 0 Å². The number of hydrogen-bond donors (Lipinski definition) is 6. The number of benzene rings is 2. The second kappa shape index (κ2) is 12.0. The molecule has 0 bridgehead atoms. The molecule has 2 saturated heterocycles. The maximum atomic E-state index is 9.58. The van der Waals surface area contributed by atoms with E-state index in [1.165, 1.54) is 5.56 Å². The number of β-amino-alcohol motifs (C(OH)–C–C–N with tert-alkyl or cyclic N) is 1. The minimum Gasteiger partial charge on any atom is -0.473 e. The summed E-state index contributed by atoms with van der Waals surface area (Å²) in [6, 6.07) is 20.0. The third-order valence-electron chi connectivity index (χ3n) is 4.67. The number of carboxylic acids is 2. The molecule has 2 aromatic rings. The molecular formula is C21H26N2O7. The number of nitrogens with one attached hydrogen (secondary N) is 2. The molecule has 0 aliphatic carbocycles. The smallest absolute Gasteiger partial charge is 0.414 e. The monoisotopic (exact) mass is 418 g/mol. The first kappa shape index (κ1) is 23.5. The quantitative estimate of drug-likeness (QED) is 0.384. The van der Waals surface area contributed by atoms with Crippen LogP contribution in [0.25, 0.3) is 0 Å². The van der Waals surface area contributed by atoms with Crippen molar-refractivity contribution in [2.75, 3.05) is 19.6 Å². The zero-order valence-electron chi connectivity index (χ0n) is 16.2. The summed E-state index contributed by atoms with van der Waals surface area (Å²) in [7, 11) is 0. The van der Waals surface area contributed by atoms with Gasteiger partial charge in [-0.15, -0.1) is 0 Å². The lowest BCUT2D eigenvalue weighted by atomic mass is 9.96. The third-order valence-corrected chi connectivity index (χ3v) is 4.67. The van der Waals surface area contributed by atoms with E-state index in [0.717, 1.165) is 18.7 Å². The third kappa shape index (κ3) is 7.21. The van der Waals surface area contributed by atoms with E-state index in [-0.39, 0.29) is 17.9 Å². The van der Waals surface area contributed by atoms with Crippen LogP contribution in [0.5, 0.6) is 0 Å². The molecule has 2 aliphatic heterocycles. The Bertz CT molecular complexity index is 721. The second-order valence-electron chi connectivity index (χ2n) is 6.73. The van der Waals surface area contributed by atoms with Gasteiger partial charge < -0.3 is 25.7 Å². The van der Waals surface area contributed by atoms with Gasteiger partial charge in [0, 0.05) is 25.6 Å². The number of aliphatic carboxylic acids is 2. The van der Waals surface area contributed by atoms with Crippen molar-refractivity contribution < 1.29 is 34.9 Å². The molecule has 2 heterocycles. The molecule has 9 nitrogen and oxygen atoms in total. The first-order chi connectivity index (χ1) is 14.4. The van der Waals surface area contributed by atoms with E-state index in [4.69, 9.17) is 24.6 Å². The number of hydrogen-bond acceptors (Lipinski definition) is 7. The van der Waals surface area contributed by atoms with Crippen LogP contribution in [0.3, 0.4) is 0 Å². The van der Waals surface area contributed by atoms with Gasteiger partial charge in [0.2, 0.25) is 0 Å². The molecule has 30 heavy (non-hydrogen) atoms. The first-order valence-electron chi connectivity index (χ1n) is 9.41. The van der Waals surface area contributed by atoms with Crippen LogP contribution in [-0.2, 0) is 14.4 Å². The number of carbonyl (C=O) groups is 2. The minimum absolute atomic E-state index is 0.0613. The topological polar surface area (TPSA) is 148 Å². The van der Waals surface area contributed by atoms with Gasteiger partial charge in [0.05, 0.1) is 12.0 Å². The van der Waals surface area contributed by atoms with Crippen molar-refractivity contribution >= 4 is 11.9 Å². The summed E-state index contributed by atoms with van der Waals surface area (Å²) < 4.78 is 0. The predicted molar refractivity (Wildman–Crippen MR) is 108 cm³/mol. The number of aliphatic hydroxyl groups excluding tert-OH is 2. The lowest BCUT2D eigenvalue weighted by Crippen LogP contribution is -2.15. The average molecular weight is 418 g/mol. The number of rotatable bonds is 2. The molecule has 4 rings (SSSR count). The molecule has 6 N–H and O–H groups in total. The van der Waals surface area contributed by atoms with Gasteiger partial charge in [-0.05, 0) is 11.1 Å². The molecule has 2 aliphatic rings. The predicted octanol–water partition coefficient (Wildman–Crippen LogP) is 0.513. The first-order valence-corrected chi connectivity index (χ1v) is 9.41. The van der Waals surface area contributed by atoms with Gasteiger partial charge in [-0.3, -0.25) is 4.84 Å². The van der Waals surface area contributed by atoms with E-state index in [1.54, 1.807) is 0 Å². The van der Waals surface area contributed by atoms with Crippen LogP contribution in [0.4, 0.5) is 0 Å². The molecular weight excluding hydrogens is 392 g/mol. The Labute approximate surface area is 173 Å². The number of hydroxylamine groups is 1. The Hall–Kier alpha value is -2.82. The van der Waals surface area contributed by atoms with Crippen LogP contribution >= 0.6 is 0 Å². The van der Waals surface area contributed by atoms with Gasteiger partial charge in [0.1, 0.15) is 0 Å². The highest BCUT2D eigenvalue weighted by Crippen LogP contribution is 2.23. The van der Waals surface area contributed by atoms with Crippen LogP contribution in [0.2, 0.25) is 0 Å². The largest absolute Gasteiger partial charge is 0.473 e.